The smallest absolute Gasteiger partial charge is 0.273 e. The maximum absolute atomic E-state index is 12.0. The molecule has 94 valence electrons. The summed E-state index contributed by atoms with van der Waals surface area (Å²) in [7, 11) is -3.51. The Morgan fingerprint density at radius 3 is 3.06 bits per heavy atom. The number of thiazole rings is 1. The minimum absolute atomic E-state index is 0.218. The summed E-state index contributed by atoms with van der Waals surface area (Å²) in [5.74, 6) is 0. The van der Waals surface area contributed by atoms with Crippen molar-refractivity contribution < 1.29 is 8.42 Å². The number of hydrogen-bond acceptors (Lipinski definition) is 5. The van der Waals surface area contributed by atoms with Gasteiger partial charge in [0, 0.05) is 12.2 Å². The highest BCUT2D eigenvalue weighted by Gasteiger charge is 2.17. The zero-order chi connectivity index (χ0) is 12.6. The van der Waals surface area contributed by atoms with Crippen LogP contribution >= 0.6 is 11.3 Å². The minimum atomic E-state index is -3.51. The summed E-state index contributed by atoms with van der Waals surface area (Å²) in [4.78, 5) is 3.77. The lowest BCUT2D eigenvalue weighted by molar-refractivity contribution is 0.603. The van der Waals surface area contributed by atoms with Crippen molar-refractivity contribution in [2.45, 2.75) is 10.6 Å². The van der Waals surface area contributed by atoms with E-state index < -0.39 is 10.0 Å². The molecule has 1 aromatic heterocycles. The van der Waals surface area contributed by atoms with Gasteiger partial charge in [-0.25, -0.2) is 8.42 Å². The normalized spacial score (nSPS) is 14.0. The van der Waals surface area contributed by atoms with Crippen molar-refractivity contribution in [1.29, 1.82) is 0 Å². The third-order valence-corrected chi connectivity index (χ3v) is 5.40. The molecule has 1 aromatic carbocycles. The second-order valence-electron chi connectivity index (χ2n) is 3.97. The average molecular weight is 281 g/mol. The molecule has 0 spiro atoms. The molecule has 0 atom stereocenters. The fourth-order valence-corrected chi connectivity index (χ4v) is 3.74. The second-order valence-corrected chi connectivity index (χ2v) is 6.77. The minimum Gasteiger partial charge on any atom is -0.384 e. The molecule has 0 radical (unpaired) electrons. The molecule has 0 aliphatic carbocycles. The fraction of sp³-hybridized carbons (Fsp3) is 0.182. The van der Waals surface area contributed by atoms with Crippen molar-refractivity contribution >= 4 is 32.7 Å². The fourth-order valence-electron chi connectivity index (χ4n) is 1.90. The van der Waals surface area contributed by atoms with Crippen molar-refractivity contribution in [3.05, 3.63) is 35.5 Å². The van der Waals surface area contributed by atoms with Crippen LogP contribution in [0.5, 0.6) is 0 Å². The summed E-state index contributed by atoms with van der Waals surface area (Å²) in [6.45, 7) is 0.903. The van der Waals surface area contributed by atoms with E-state index in [1.54, 1.807) is 6.07 Å². The molecule has 2 N–H and O–H groups in total. The summed E-state index contributed by atoms with van der Waals surface area (Å²) < 4.78 is 26.8. The van der Waals surface area contributed by atoms with Crippen LogP contribution in [0.2, 0.25) is 0 Å². The lowest BCUT2D eigenvalue weighted by Gasteiger charge is -2.07. The molecule has 0 unspecified atom stereocenters. The third-order valence-electron chi connectivity index (χ3n) is 2.75. The quantitative estimate of drug-likeness (QED) is 0.901. The number of hydrogen-bond donors (Lipinski definition) is 2. The largest absolute Gasteiger partial charge is 0.384 e. The molecular formula is C11H11N3O2S2. The molecule has 1 aliphatic heterocycles. The van der Waals surface area contributed by atoms with E-state index in [1.807, 2.05) is 12.1 Å². The number of anilines is 2. The molecule has 5 nitrogen and oxygen atoms in total. The van der Waals surface area contributed by atoms with Gasteiger partial charge in [-0.2, -0.15) is 0 Å². The third kappa shape index (κ3) is 2.06. The topological polar surface area (TPSA) is 71.1 Å². The van der Waals surface area contributed by atoms with E-state index in [0.29, 0.717) is 5.69 Å². The van der Waals surface area contributed by atoms with Gasteiger partial charge in [-0.15, -0.1) is 11.3 Å². The van der Waals surface area contributed by atoms with Crippen LogP contribution in [0.1, 0.15) is 5.56 Å². The number of rotatable bonds is 3. The van der Waals surface area contributed by atoms with Gasteiger partial charge in [-0.05, 0) is 24.1 Å². The van der Waals surface area contributed by atoms with Gasteiger partial charge in [0.1, 0.15) is 0 Å². The Kier molecular flexibility index (Phi) is 2.71. The Balaban J connectivity index is 1.89. The molecule has 0 fully saturated rings. The van der Waals surface area contributed by atoms with Gasteiger partial charge in [0.15, 0.2) is 4.21 Å². The molecule has 0 amide bonds. The Morgan fingerprint density at radius 1 is 1.39 bits per heavy atom. The summed E-state index contributed by atoms with van der Waals surface area (Å²) in [6.07, 6.45) is 2.33. The second kappa shape index (κ2) is 4.25. The van der Waals surface area contributed by atoms with Crippen molar-refractivity contribution in [3.8, 4) is 0 Å². The molecule has 2 aromatic rings. The first-order chi connectivity index (χ1) is 8.65. The van der Waals surface area contributed by atoms with Crippen molar-refractivity contribution in [3.63, 3.8) is 0 Å². The SMILES string of the molecule is O=S(=O)(Nc1ccc2c(c1)NCC2)c1cncs1. The van der Waals surface area contributed by atoms with E-state index in [1.165, 1.54) is 17.3 Å². The highest BCUT2D eigenvalue weighted by molar-refractivity contribution is 7.94. The predicted molar refractivity (Wildman–Crippen MR) is 71.6 cm³/mol. The van der Waals surface area contributed by atoms with Gasteiger partial charge in [-0.1, -0.05) is 6.07 Å². The van der Waals surface area contributed by atoms with E-state index in [0.717, 1.165) is 30.0 Å². The number of nitrogens with zero attached hydrogens (tertiary/aromatic N) is 1. The molecule has 1 aliphatic rings. The van der Waals surface area contributed by atoms with E-state index in [9.17, 15) is 8.42 Å². The van der Waals surface area contributed by atoms with Gasteiger partial charge in [-0.3, -0.25) is 9.71 Å². The Labute approximate surface area is 109 Å². The number of aromatic nitrogens is 1. The van der Waals surface area contributed by atoms with Gasteiger partial charge in [0.05, 0.1) is 17.4 Å². The van der Waals surface area contributed by atoms with Crippen LogP contribution in [0, 0.1) is 0 Å². The van der Waals surface area contributed by atoms with Crippen molar-refractivity contribution in [2.75, 3.05) is 16.6 Å². The summed E-state index contributed by atoms with van der Waals surface area (Å²) in [5.41, 5.74) is 4.28. The van der Waals surface area contributed by atoms with Crippen LogP contribution in [0.4, 0.5) is 11.4 Å². The molecule has 7 heteroatoms. The van der Waals surface area contributed by atoms with Gasteiger partial charge >= 0.3 is 0 Å². The summed E-state index contributed by atoms with van der Waals surface area (Å²) in [6, 6.07) is 5.55. The molecule has 18 heavy (non-hydrogen) atoms. The average Bonchev–Trinajstić information content (AvgIpc) is 2.99. The molecule has 0 saturated carbocycles. The number of benzene rings is 1. The van der Waals surface area contributed by atoms with Gasteiger partial charge in [0.25, 0.3) is 10.0 Å². The van der Waals surface area contributed by atoms with Crippen LogP contribution in [-0.4, -0.2) is 19.9 Å². The highest BCUT2D eigenvalue weighted by Crippen LogP contribution is 2.27. The van der Waals surface area contributed by atoms with E-state index in [-0.39, 0.29) is 4.21 Å². The van der Waals surface area contributed by atoms with Crippen molar-refractivity contribution in [2.24, 2.45) is 0 Å². The van der Waals surface area contributed by atoms with Crippen LogP contribution in [0.15, 0.2) is 34.1 Å². The molecule has 3 rings (SSSR count). The van der Waals surface area contributed by atoms with Gasteiger partial charge in [0.2, 0.25) is 0 Å². The van der Waals surface area contributed by atoms with E-state index in [2.05, 4.69) is 15.0 Å². The Bertz CT molecular complexity index is 666. The van der Waals surface area contributed by atoms with Gasteiger partial charge < -0.3 is 5.32 Å². The monoisotopic (exact) mass is 281 g/mol. The summed E-state index contributed by atoms with van der Waals surface area (Å²) >= 11 is 1.10. The first-order valence-electron chi connectivity index (χ1n) is 5.43. The Morgan fingerprint density at radius 2 is 2.28 bits per heavy atom. The maximum atomic E-state index is 12.0. The van der Waals surface area contributed by atoms with E-state index >= 15 is 0 Å². The maximum Gasteiger partial charge on any atom is 0.273 e. The lowest BCUT2D eigenvalue weighted by atomic mass is 10.1. The zero-order valence-corrected chi connectivity index (χ0v) is 11.0. The lowest BCUT2D eigenvalue weighted by Crippen LogP contribution is -2.11. The predicted octanol–water partition coefficient (Wildman–Crippen LogP) is 1.91. The van der Waals surface area contributed by atoms with Crippen LogP contribution in [-0.2, 0) is 16.4 Å². The molecule has 2 heterocycles. The molecular weight excluding hydrogens is 270 g/mol. The van der Waals surface area contributed by atoms with Crippen LogP contribution in [0.3, 0.4) is 0 Å². The summed E-state index contributed by atoms with van der Waals surface area (Å²) in [5, 5.41) is 3.22. The van der Waals surface area contributed by atoms with E-state index in [4.69, 9.17) is 0 Å². The zero-order valence-electron chi connectivity index (χ0n) is 9.38. The number of fused-ring (bicyclic) bond motifs is 1. The molecule has 0 bridgehead atoms. The highest BCUT2D eigenvalue weighted by atomic mass is 32.2. The standard InChI is InChI=1S/C11H11N3O2S2/c15-18(16,11-6-12-7-17-11)14-9-2-1-8-3-4-13-10(8)5-9/h1-2,5-7,13-14H,3-4H2. The van der Waals surface area contributed by atoms with Crippen LogP contribution in [0.25, 0.3) is 0 Å². The number of sulfonamides is 1. The molecule has 0 saturated heterocycles. The first-order valence-corrected chi connectivity index (χ1v) is 7.79. The number of nitrogens with one attached hydrogen (secondary N) is 2. The van der Waals surface area contributed by atoms with Crippen LogP contribution < -0.4 is 10.0 Å². The first kappa shape index (κ1) is 11.5. The Hall–Kier alpha value is -1.60. The van der Waals surface area contributed by atoms with Crippen molar-refractivity contribution in [1.82, 2.24) is 4.98 Å².